The number of hydrogen-bond donors (Lipinski definition) is 0. The molecule has 1 fully saturated rings. The first-order chi connectivity index (χ1) is 8.29. The maximum atomic E-state index is 10.8. The molecule has 1 atom stereocenters. The molecular weight excluding hydrogens is 286 g/mol. The van der Waals surface area contributed by atoms with Crippen molar-refractivity contribution in [1.82, 2.24) is 14.7 Å². The Morgan fingerprint density at radius 1 is 1.53 bits per heavy atom. The fraction of sp³-hybridized carbons (Fsp3) is 0.636. The van der Waals surface area contributed by atoms with Gasteiger partial charge in [0.2, 0.25) is 6.41 Å². The van der Waals surface area contributed by atoms with Crippen LogP contribution in [0.5, 0.6) is 0 Å². The van der Waals surface area contributed by atoms with Crippen LogP contribution in [0.3, 0.4) is 0 Å². The Bertz CT molecular complexity index is 440. The van der Waals surface area contributed by atoms with E-state index in [2.05, 4.69) is 25.7 Å². The number of hydrogen-bond acceptors (Lipinski definition) is 3. The van der Waals surface area contributed by atoms with E-state index in [4.69, 9.17) is 4.74 Å². The van der Waals surface area contributed by atoms with Crippen LogP contribution in [0.4, 0.5) is 0 Å². The number of nitrogens with zero attached hydrogens (tertiary/aromatic N) is 3. The predicted molar refractivity (Wildman–Crippen MR) is 64.6 cm³/mol. The third kappa shape index (κ3) is 1.89. The van der Waals surface area contributed by atoms with Crippen molar-refractivity contribution in [2.45, 2.75) is 25.4 Å². The maximum Gasteiger partial charge on any atom is 0.210 e. The Hall–Kier alpha value is -0.880. The van der Waals surface area contributed by atoms with Crippen LogP contribution < -0.4 is 0 Å². The summed E-state index contributed by atoms with van der Waals surface area (Å²) in [7, 11) is 0. The summed E-state index contributed by atoms with van der Waals surface area (Å²) in [6.07, 6.45) is 2.81. The molecule has 0 aliphatic carbocycles. The molecule has 0 N–H and O–H groups in total. The minimum absolute atomic E-state index is 0.359. The second-order valence-electron chi connectivity index (χ2n) is 4.50. The van der Waals surface area contributed by atoms with Crippen molar-refractivity contribution in [1.29, 1.82) is 0 Å². The van der Waals surface area contributed by atoms with Gasteiger partial charge in [-0.3, -0.25) is 9.48 Å². The number of amides is 1. The Balaban J connectivity index is 1.94. The average Bonchev–Trinajstić information content (AvgIpc) is 2.97. The van der Waals surface area contributed by atoms with Crippen molar-refractivity contribution >= 4 is 22.3 Å². The number of carbonyl (C=O) groups is 1. The number of fused-ring (bicyclic) bond motifs is 1. The molecule has 0 aromatic carbocycles. The first-order valence-corrected chi connectivity index (χ1v) is 6.61. The standard InChI is InChI=1S/C11H14BrN3O2/c12-11-9-5-14(7-16)3-1-10(9)15(13-11)8-2-4-17-6-8/h7-8H,1-6H2. The van der Waals surface area contributed by atoms with Gasteiger partial charge >= 0.3 is 0 Å². The number of ether oxygens (including phenoxy) is 1. The highest BCUT2D eigenvalue weighted by atomic mass is 79.9. The molecule has 6 heteroatoms. The molecule has 0 spiro atoms. The fourth-order valence-corrected chi connectivity index (χ4v) is 3.06. The van der Waals surface area contributed by atoms with Crippen LogP contribution in [0.25, 0.3) is 0 Å². The molecule has 2 aliphatic heterocycles. The Kier molecular flexibility index (Phi) is 2.92. The predicted octanol–water partition coefficient (Wildman–Crippen LogP) is 1.12. The van der Waals surface area contributed by atoms with Crippen LogP contribution in [0.15, 0.2) is 4.60 Å². The molecule has 0 radical (unpaired) electrons. The molecule has 1 amide bonds. The van der Waals surface area contributed by atoms with E-state index in [-0.39, 0.29) is 0 Å². The lowest BCUT2D eigenvalue weighted by molar-refractivity contribution is -0.118. The second kappa shape index (κ2) is 4.42. The SMILES string of the molecule is O=CN1CCc2c(c(Br)nn2C2CCOC2)C1. The molecular formula is C11H14BrN3O2. The van der Waals surface area contributed by atoms with E-state index in [0.717, 1.165) is 49.2 Å². The van der Waals surface area contributed by atoms with Crippen molar-refractivity contribution in [3.05, 3.63) is 15.9 Å². The lowest BCUT2D eigenvalue weighted by Gasteiger charge is -2.24. The molecule has 92 valence electrons. The summed E-state index contributed by atoms with van der Waals surface area (Å²) in [6.45, 7) is 3.00. The van der Waals surface area contributed by atoms with Crippen LogP contribution in [0, 0.1) is 0 Å². The highest BCUT2D eigenvalue weighted by molar-refractivity contribution is 9.10. The van der Waals surface area contributed by atoms with Gasteiger partial charge in [0, 0.05) is 37.4 Å². The van der Waals surface area contributed by atoms with Gasteiger partial charge in [-0.15, -0.1) is 0 Å². The van der Waals surface area contributed by atoms with Gasteiger partial charge in [-0.25, -0.2) is 0 Å². The Morgan fingerprint density at radius 3 is 3.12 bits per heavy atom. The van der Waals surface area contributed by atoms with Crippen LogP contribution in [0.2, 0.25) is 0 Å². The normalized spacial score (nSPS) is 23.8. The van der Waals surface area contributed by atoms with Crippen molar-refractivity contribution in [3.8, 4) is 0 Å². The Morgan fingerprint density at radius 2 is 2.41 bits per heavy atom. The fourth-order valence-electron chi connectivity index (χ4n) is 2.53. The van der Waals surface area contributed by atoms with Crippen LogP contribution >= 0.6 is 15.9 Å². The first-order valence-electron chi connectivity index (χ1n) is 5.82. The Labute approximate surface area is 108 Å². The minimum atomic E-state index is 0.359. The van der Waals surface area contributed by atoms with E-state index < -0.39 is 0 Å². The van der Waals surface area contributed by atoms with E-state index in [0.29, 0.717) is 12.6 Å². The van der Waals surface area contributed by atoms with Gasteiger partial charge in [0.15, 0.2) is 0 Å². The molecule has 0 bridgehead atoms. The molecule has 1 saturated heterocycles. The number of aromatic nitrogens is 2. The maximum absolute atomic E-state index is 10.8. The molecule has 0 saturated carbocycles. The third-order valence-corrected chi connectivity index (χ3v) is 4.10. The zero-order chi connectivity index (χ0) is 11.8. The largest absolute Gasteiger partial charge is 0.379 e. The summed E-state index contributed by atoms with van der Waals surface area (Å²) in [5.74, 6) is 0. The summed E-state index contributed by atoms with van der Waals surface area (Å²) in [6, 6.07) is 0.359. The van der Waals surface area contributed by atoms with Gasteiger partial charge in [0.25, 0.3) is 0 Å². The monoisotopic (exact) mass is 299 g/mol. The van der Waals surface area contributed by atoms with E-state index in [9.17, 15) is 4.79 Å². The molecule has 2 aliphatic rings. The van der Waals surface area contributed by atoms with Gasteiger partial charge in [0.05, 0.1) is 12.6 Å². The second-order valence-corrected chi connectivity index (χ2v) is 5.26. The molecule has 17 heavy (non-hydrogen) atoms. The topological polar surface area (TPSA) is 47.4 Å². The number of halogens is 1. The van der Waals surface area contributed by atoms with Gasteiger partial charge in [-0.1, -0.05) is 0 Å². The van der Waals surface area contributed by atoms with E-state index in [1.54, 1.807) is 4.90 Å². The van der Waals surface area contributed by atoms with Crippen LogP contribution in [0.1, 0.15) is 23.7 Å². The summed E-state index contributed by atoms with van der Waals surface area (Å²) in [4.78, 5) is 12.6. The van der Waals surface area contributed by atoms with Gasteiger partial charge in [-0.05, 0) is 22.4 Å². The van der Waals surface area contributed by atoms with Crippen molar-refractivity contribution in [2.75, 3.05) is 19.8 Å². The third-order valence-electron chi connectivity index (χ3n) is 3.47. The van der Waals surface area contributed by atoms with Gasteiger partial charge in [0.1, 0.15) is 4.60 Å². The number of carbonyl (C=O) groups excluding carboxylic acids is 1. The molecule has 3 rings (SSSR count). The minimum Gasteiger partial charge on any atom is -0.379 e. The van der Waals surface area contributed by atoms with Crippen molar-refractivity contribution in [2.24, 2.45) is 0 Å². The van der Waals surface area contributed by atoms with Gasteiger partial charge in [-0.2, -0.15) is 5.10 Å². The van der Waals surface area contributed by atoms with E-state index >= 15 is 0 Å². The van der Waals surface area contributed by atoms with Gasteiger partial charge < -0.3 is 9.64 Å². The lowest BCUT2D eigenvalue weighted by Crippen LogP contribution is -2.30. The molecule has 1 unspecified atom stereocenters. The smallest absolute Gasteiger partial charge is 0.210 e. The summed E-state index contributed by atoms with van der Waals surface area (Å²) >= 11 is 3.49. The molecule has 3 heterocycles. The summed E-state index contributed by atoms with van der Waals surface area (Å²) in [5, 5.41) is 4.55. The highest BCUT2D eigenvalue weighted by Crippen LogP contribution is 2.30. The quantitative estimate of drug-likeness (QED) is 0.769. The molecule has 5 nitrogen and oxygen atoms in total. The number of rotatable bonds is 2. The molecule has 1 aromatic heterocycles. The first kappa shape index (κ1) is 11.2. The van der Waals surface area contributed by atoms with Crippen LogP contribution in [-0.2, 0) is 22.5 Å². The van der Waals surface area contributed by atoms with Crippen molar-refractivity contribution in [3.63, 3.8) is 0 Å². The summed E-state index contributed by atoms with van der Waals surface area (Å²) in [5.41, 5.74) is 2.40. The van der Waals surface area contributed by atoms with Crippen molar-refractivity contribution < 1.29 is 9.53 Å². The zero-order valence-electron chi connectivity index (χ0n) is 9.43. The van der Waals surface area contributed by atoms with E-state index in [1.165, 1.54) is 5.69 Å². The molecule has 1 aromatic rings. The highest BCUT2D eigenvalue weighted by Gasteiger charge is 2.28. The van der Waals surface area contributed by atoms with Crippen LogP contribution in [-0.4, -0.2) is 40.8 Å². The lowest BCUT2D eigenvalue weighted by atomic mass is 10.1. The van der Waals surface area contributed by atoms with E-state index in [1.807, 2.05) is 0 Å². The average molecular weight is 300 g/mol. The summed E-state index contributed by atoms with van der Waals surface area (Å²) < 4.78 is 8.37. The zero-order valence-corrected chi connectivity index (χ0v) is 11.0.